The number of ether oxygens (including phenoxy) is 4. The summed E-state index contributed by atoms with van der Waals surface area (Å²) in [5.41, 5.74) is 0.787. The van der Waals surface area contributed by atoms with Gasteiger partial charge >= 0.3 is 5.97 Å². The van der Waals surface area contributed by atoms with Crippen LogP contribution >= 0.6 is 0 Å². The minimum Gasteiger partial charge on any atom is -0.493 e. The van der Waals surface area contributed by atoms with Crippen LogP contribution in [0.3, 0.4) is 0 Å². The number of methoxy groups -OCH3 is 2. The molecule has 0 radical (unpaired) electrons. The van der Waals surface area contributed by atoms with Crippen molar-refractivity contribution in [2.24, 2.45) is 0 Å². The SMILES string of the molecule is COCCOc1cc(NS(=O)(=O)c2ccc(OCC(=O)O)c(C)c2)ccc1OC. The maximum Gasteiger partial charge on any atom is 0.341 e. The number of carboxylic acid groups (broad SMARTS) is 1. The Morgan fingerprint density at radius 2 is 1.72 bits per heavy atom. The lowest BCUT2D eigenvalue weighted by Gasteiger charge is -2.14. The van der Waals surface area contributed by atoms with Gasteiger partial charge < -0.3 is 24.1 Å². The van der Waals surface area contributed by atoms with Crippen LogP contribution in [0.2, 0.25) is 0 Å². The van der Waals surface area contributed by atoms with Crippen molar-refractivity contribution >= 4 is 21.7 Å². The van der Waals surface area contributed by atoms with Crippen LogP contribution in [0.25, 0.3) is 0 Å². The molecule has 0 aliphatic rings. The lowest BCUT2D eigenvalue weighted by molar-refractivity contribution is -0.139. The third-order valence-electron chi connectivity index (χ3n) is 3.77. The summed E-state index contributed by atoms with van der Waals surface area (Å²) < 4.78 is 48.8. The molecule has 2 N–H and O–H groups in total. The molecule has 0 aromatic heterocycles. The maximum atomic E-state index is 12.7. The van der Waals surface area contributed by atoms with Crippen LogP contribution in [0.4, 0.5) is 5.69 Å². The molecule has 0 spiro atoms. The number of rotatable bonds is 11. The molecule has 2 rings (SSSR count). The van der Waals surface area contributed by atoms with Gasteiger partial charge in [-0.1, -0.05) is 0 Å². The number of carbonyl (C=O) groups is 1. The van der Waals surface area contributed by atoms with Gasteiger partial charge in [-0.15, -0.1) is 0 Å². The summed E-state index contributed by atoms with van der Waals surface area (Å²) in [7, 11) is -0.856. The second kappa shape index (κ2) is 9.99. The van der Waals surface area contributed by atoms with Crippen molar-refractivity contribution in [2.45, 2.75) is 11.8 Å². The topological polar surface area (TPSA) is 120 Å². The third kappa shape index (κ3) is 6.26. The van der Waals surface area contributed by atoms with Gasteiger partial charge in [0.2, 0.25) is 0 Å². The van der Waals surface area contributed by atoms with E-state index < -0.39 is 22.6 Å². The predicted molar refractivity (Wildman–Crippen MR) is 105 cm³/mol. The Morgan fingerprint density at radius 3 is 2.34 bits per heavy atom. The maximum absolute atomic E-state index is 12.7. The van der Waals surface area contributed by atoms with E-state index in [1.165, 1.54) is 31.4 Å². The molecule has 29 heavy (non-hydrogen) atoms. The van der Waals surface area contributed by atoms with E-state index in [1.54, 1.807) is 26.2 Å². The molecule has 0 unspecified atom stereocenters. The van der Waals surface area contributed by atoms with Crippen molar-refractivity contribution < 1.29 is 37.3 Å². The zero-order valence-corrected chi connectivity index (χ0v) is 17.1. The van der Waals surface area contributed by atoms with Crippen molar-refractivity contribution in [2.75, 3.05) is 38.8 Å². The molecule has 0 saturated heterocycles. The van der Waals surface area contributed by atoms with Crippen LogP contribution in [0.15, 0.2) is 41.3 Å². The van der Waals surface area contributed by atoms with E-state index in [-0.39, 0.29) is 11.5 Å². The molecule has 2 aromatic carbocycles. The molecule has 0 saturated carbocycles. The van der Waals surface area contributed by atoms with E-state index >= 15 is 0 Å². The molecule has 0 fully saturated rings. The van der Waals surface area contributed by atoms with Crippen molar-refractivity contribution in [1.82, 2.24) is 0 Å². The average molecular weight is 425 g/mol. The molecule has 10 heteroatoms. The zero-order chi connectivity index (χ0) is 21.4. The van der Waals surface area contributed by atoms with Crippen molar-refractivity contribution in [3.05, 3.63) is 42.0 Å². The fourth-order valence-corrected chi connectivity index (χ4v) is 3.53. The van der Waals surface area contributed by atoms with Gasteiger partial charge in [0.15, 0.2) is 18.1 Å². The monoisotopic (exact) mass is 425 g/mol. The average Bonchev–Trinajstić information content (AvgIpc) is 2.67. The number of hydrogen-bond acceptors (Lipinski definition) is 7. The Bertz CT molecular complexity index is 959. The first-order chi connectivity index (χ1) is 13.8. The van der Waals surface area contributed by atoms with Crippen molar-refractivity contribution in [3.63, 3.8) is 0 Å². The Kier molecular flexibility index (Phi) is 7.68. The number of aryl methyl sites for hydroxylation is 1. The van der Waals surface area contributed by atoms with E-state index in [0.29, 0.717) is 35.1 Å². The minimum atomic E-state index is -3.89. The molecule has 0 bridgehead atoms. The fraction of sp³-hybridized carbons (Fsp3) is 0.316. The van der Waals surface area contributed by atoms with Crippen LogP contribution < -0.4 is 18.9 Å². The zero-order valence-electron chi connectivity index (χ0n) is 16.3. The van der Waals surface area contributed by atoms with Crippen LogP contribution in [0, 0.1) is 6.92 Å². The van der Waals surface area contributed by atoms with E-state index in [1.807, 2.05) is 0 Å². The number of sulfonamides is 1. The molecule has 0 atom stereocenters. The normalized spacial score (nSPS) is 11.0. The van der Waals surface area contributed by atoms with Crippen LogP contribution in [-0.2, 0) is 19.6 Å². The van der Waals surface area contributed by atoms with Gasteiger partial charge in [0.25, 0.3) is 10.0 Å². The van der Waals surface area contributed by atoms with E-state index in [9.17, 15) is 13.2 Å². The lowest BCUT2D eigenvalue weighted by Crippen LogP contribution is -2.14. The quantitative estimate of drug-likeness (QED) is 0.526. The van der Waals surface area contributed by atoms with Crippen LogP contribution in [0.1, 0.15) is 5.56 Å². The third-order valence-corrected chi connectivity index (χ3v) is 5.15. The number of hydrogen-bond donors (Lipinski definition) is 2. The number of carboxylic acids is 1. The first-order valence-corrected chi connectivity index (χ1v) is 10.0. The molecular formula is C19H23NO8S. The summed E-state index contributed by atoms with van der Waals surface area (Å²) in [6.07, 6.45) is 0. The number of benzene rings is 2. The van der Waals surface area contributed by atoms with Gasteiger partial charge in [-0.25, -0.2) is 13.2 Å². The summed E-state index contributed by atoms with van der Waals surface area (Å²) in [4.78, 5) is 10.6. The van der Waals surface area contributed by atoms with E-state index in [2.05, 4.69) is 4.72 Å². The van der Waals surface area contributed by atoms with Crippen molar-refractivity contribution in [1.29, 1.82) is 0 Å². The molecule has 9 nitrogen and oxygen atoms in total. The molecule has 0 aliphatic carbocycles. The summed E-state index contributed by atoms with van der Waals surface area (Å²) in [6, 6.07) is 8.82. The fourth-order valence-electron chi connectivity index (χ4n) is 2.39. The summed E-state index contributed by atoms with van der Waals surface area (Å²) in [5.74, 6) is 0.00796. The van der Waals surface area contributed by atoms with Gasteiger partial charge in [0.1, 0.15) is 12.4 Å². The Hall–Kier alpha value is -2.98. The Morgan fingerprint density at radius 1 is 1.00 bits per heavy atom. The molecule has 158 valence electrons. The second-order valence-corrected chi connectivity index (χ2v) is 7.60. The van der Waals surface area contributed by atoms with Gasteiger partial charge in [-0.05, 0) is 42.8 Å². The molecule has 0 aliphatic heterocycles. The summed E-state index contributed by atoms with van der Waals surface area (Å²) in [6.45, 7) is 1.77. The standard InChI is InChI=1S/C19H23NO8S/c1-13-10-15(5-7-16(13)28-12-19(21)22)29(23,24)20-14-4-6-17(26-3)18(11-14)27-9-8-25-2/h4-7,10-11,20H,8-9,12H2,1-3H3,(H,21,22). The van der Waals surface area contributed by atoms with Gasteiger partial charge in [-0.3, -0.25) is 4.72 Å². The Labute approximate surface area is 169 Å². The highest BCUT2D eigenvalue weighted by atomic mass is 32.2. The van der Waals surface area contributed by atoms with Crippen molar-refractivity contribution in [3.8, 4) is 17.2 Å². The Balaban J connectivity index is 2.21. The van der Waals surface area contributed by atoms with Gasteiger partial charge in [-0.2, -0.15) is 0 Å². The number of aliphatic carboxylic acids is 1. The number of anilines is 1. The molecule has 0 amide bonds. The smallest absolute Gasteiger partial charge is 0.341 e. The van der Waals surface area contributed by atoms with Crippen LogP contribution in [0.5, 0.6) is 17.2 Å². The van der Waals surface area contributed by atoms with Gasteiger partial charge in [0, 0.05) is 13.2 Å². The molecular weight excluding hydrogens is 402 g/mol. The lowest BCUT2D eigenvalue weighted by atomic mass is 10.2. The first kappa shape index (κ1) is 22.3. The summed E-state index contributed by atoms with van der Waals surface area (Å²) in [5, 5.41) is 8.68. The van der Waals surface area contributed by atoms with E-state index in [4.69, 9.17) is 24.1 Å². The highest BCUT2D eigenvalue weighted by molar-refractivity contribution is 7.92. The highest BCUT2D eigenvalue weighted by Gasteiger charge is 2.17. The van der Waals surface area contributed by atoms with Gasteiger partial charge in [0.05, 0.1) is 24.3 Å². The highest BCUT2D eigenvalue weighted by Crippen LogP contribution is 2.31. The number of nitrogens with one attached hydrogen (secondary N) is 1. The van der Waals surface area contributed by atoms with Crippen LogP contribution in [-0.4, -0.2) is 53.5 Å². The molecule has 2 aromatic rings. The largest absolute Gasteiger partial charge is 0.493 e. The summed E-state index contributed by atoms with van der Waals surface area (Å²) >= 11 is 0. The molecule has 0 heterocycles. The predicted octanol–water partition coefficient (Wildman–Crippen LogP) is 2.29. The first-order valence-electron chi connectivity index (χ1n) is 8.54. The minimum absolute atomic E-state index is 0.00958. The van der Waals surface area contributed by atoms with E-state index in [0.717, 1.165) is 0 Å². The second-order valence-electron chi connectivity index (χ2n) is 5.92.